The van der Waals surface area contributed by atoms with Crippen molar-refractivity contribution in [2.24, 2.45) is 0 Å². The van der Waals surface area contributed by atoms with Gasteiger partial charge in [-0.05, 0) is 50.2 Å². The Hall–Kier alpha value is -2.55. The summed E-state index contributed by atoms with van der Waals surface area (Å²) in [6.45, 7) is 2.86. The molecule has 5 nitrogen and oxygen atoms in total. The number of halogens is 3. The molecule has 28 heavy (non-hydrogen) atoms. The van der Waals surface area contributed by atoms with Gasteiger partial charge in [0.15, 0.2) is 16.4 Å². The Kier molecular flexibility index (Phi) is 6.38. The highest BCUT2D eigenvalue weighted by molar-refractivity contribution is 7.90. The van der Waals surface area contributed by atoms with Crippen LogP contribution in [0.2, 0.25) is 0 Å². The molecule has 1 amide bonds. The number of nitrogens with zero attached hydrogens (tertiary/aromatic N) is 1. The molecule has 0 aliphatic carbocycles. The van der Waals surface area contributed by atoms with E-state index in [-0.39, 0.29) is 10.9 Å². The zero-order chi connectivity index (χ0) is 21.1. The quantitative estimate of drug-likeness (QED) is 0.717. The number of amides is 1. The van der Waals surface area contributed by atoms with Crippen LogP contribution in [-0.4, -0.2) is 33.2 Å². The number of sulfone groups is 1. The Balaban J connectivity index is 2.21. The number of anilines is 1. The predicted molar refractivity (Wildman–Crippen MR) is 99.1 cm³/mol. The van der Waals surface area contributed by atoms with Gasteiger partial charge in [-0.1, -0.05) is 12.1 Å². The number of carbonyl (C=O) groups is 1. The molecule has 0 heterocycles. The van der Waals surface area contributed by atoms with Gasteiger partial charge in [-0.3, -0.25) is 4.79 Å². The molecule has 2 aromatic carbocycles. The Morgan fingerprint density at radius 1 is 1.07 bits per heavy atom. The number of hydrogen-bond acceptors (Lipinski definition) is 4. The molecule has 9 heteroatoms. The van der Waals surface area contributed by atoms with Gasteiger partial charge in [0.05, 0.1) is 10.5 Å². The zero-order valence-corrected chi connectivity index (χ0v) is 16.3. The predicted octanol–water partition coefficient (Wildman–Crippen LogP) is 3.93. The highest BCUT2D eigenvalue weighted by Crippen LogP contribution is 2.36. The van der Waals surface area contributed by atoms with Crippen molar-refractivity contribution in [1.29, 1.82) is 0 Å². The SMILES string of the molecule is CC(C)N(C(=O)COc1ccccc1C(F)(F)F)c1ccc(S(C)(=O)=O)cc1. The Morgan fingerprint density at radius 3 is 2.14 bits per heavy atom. The van der Waals surface area contributed by atoms with Gasteiger partial charge >= 0.3 is 6.18 Å². The third-order valence-corrected chi connectivity index (χ3v) is 5.00. The second kappa shape index (κ2) is 8.22. The van der Waals surface area contributed by atoms with Gasteiger partial charge in [-0.25, -0.2) is 8.42 Å². The molecular weight excluding hydrogens is 395 g/mol. The molecule has 0 bridgehead atoms. The lowest BCUT2D eigenvalue weighted by Crippen LogP contribution is -2.40. The summed E-state index contributed by atoms with van der Waals surface area (Å²) in [6.07, 6.45) is -3.53. The molecule has 2 aromatic rings. The van der Waals surface area contributed by atoms with Gasteiger partial charge in [0, 0.05) is 18.0 Å². The maximum Gasteiger partial charge on any atom is 0.419 e. The molecule has 0 spiro atoms. The summed E-state index contributed by atoms with van der Waals surface area (Å²) in [5.41, 5.74) is -0.545. The lowest BCUT2D eigenvalue weighted by Gasteiger charge is -2.27. The van der Waals surface area contributed by atoms with Crippen LogP contribution in [0.25, 0.3) is 0 Å². The lowest BCUT2D eigenvalue weighted by molar-refractivity contribution is -0.139. The van der Waals surface area contributed by atoms with E-state index in [9.17, 15) is 26.4 Å². The maximum absolute atomic E-state index is 13.0. The van der Waals surface area contributed by atoms with Crippen LogP contribution < -0.4 is 9.64 Å². The van der Waals surface area contributed by atoms with E-state index in [1.54, 1.807) is 13.8 Å². The first-order chi connectivity index (χ1) is 12.9. The van der Waals surface area contributed by atoms with Gasteiger partial charge in [-0.2, -0.15) is 13.2 Å². The second-order valence-corrected chi connectivity index (χ2v) is 8.42. The molecule has 0 aliphatic heterocycles. The number of carbonyl (C=O) groups excluding carboxylic acids is 1. The summed E-state index contributed by atoms with van der Waals surface area (Å²) in [6, 6.07) is 10.0. The highest BCUT2D eigenvalue weighted by atomic mass is 32.2. The van der Waals surface area contributed by atoms with Crippen molar-refractivity contribution in [2.45, 2.75) is 31.0 Å². The van der Waals surface area contributed by atoms with Crippen molar-refractivity contribution >= 4 is 21.4 Å². The lowest BCUT2D eigenvalue weighted by atomic mass is 10.2. The fourth-order valence-electron chi connectivity index (χ4n) is 2.62. The zero-order valence-electron chi connectivity index (χ0n) is 15.5. The van der Waals surface area contributed by atoms with E-state index in [4.69, 9.17) is 4.74 Å². The standard InChI is InChI=1S/C19H20F3NO4S/c1-13(2)23(14-8-10-15(11-9-14)28(3,25)26)18(24)12-27-17-7-5-4-6-16(17)19(20,21)22/h4-11,13H,12H2,1-3H3. The minimum absolute atomic E-state index is 0.0998. The van der Waals surface area contributed by atoms with E-state index in [1.165, 1.54) is 41.3 Å². The van der Waals surface area contributed by atoms with Crippen molar-refractivity contribution in [2.75, 3.05) is 17.8 Å². The van der Waals surface area contributed by atoms with E-state index in [1.807, 2.05) is 0 Å². The van der Waals surface area contributed by atoms with Crippen molar-refractivity contribution in [1.82, 2.24) is 0 Å². The average molecular weight is 415 g/mol. The van der Waals surface area contributed by atoms with Crippen LogP contribution in [0.3, 0.4) is 0 Å². The summed E-state index contributed by atoms with van der Waals surface area (Å²) in [5, 5.41) is 0. The van der Waals surface area contributed by atoms with Gasteiger partial charge in [-0.15, -0.1) is 0 Å². The summed E-state index contributed by atoms with van der Waals surface area (Å²) >= 11 is 0. The topological polar surface area (TPSA) is 63.7 Å². The second-order valence-electron chi connectivity index (χ2n) is 6.41. The van der Waals surface area contributed by atoms with Gasteiger partial charge < -0.3 is 9.64 Å². The smallest absolute Gasteiger partial charge is 0.419 e. The fourth-order valence-corrected chi connectivity index (χ4v) is 3.25. The molecule has 0 aromatic heterocycles. The number of alkyl halides is 3. The third-order valence-electron chi connectivity index (χ3n) is 3.87. The van der Waals surface area contributed by atoms with Crippen molar-refractivity contribution < 1.29 is 31.1 Å². The summed E-state index contributed by atoms with van der Waals surface area (Å²) in [5.74, 6) is -0.987. The minimum Gasteiger partial charge on any atom is -0.483 e. The third kappa shape index (κ3) is 5.25. The van der Waals surface area contributed by atoms with Crippen molar-refractivity contribution in [3.8, 4) is 5.75 Å². The molecule has 0 aliphatic rings. The van der Waals surface area contributed by atoms with Crippen molar-refractivity contribution in [3.05, 3.63) is 54.1 Å². The fraction of sp³-hybridized carbons (Fsp3) is 0.316. The monoisotopic (exact) mass is 415 g/mol. The van der Waals surface area contributed by atoms with E-state index in [0.717, 1.165) is 18.4 Å². The number of para-hydroxylation sites is 1. The van der Waals surface area contributed by atoms with Crippen LogP contribution in [0, 0.1) is 0 Å². The first kappa shape index (κ1) is 21.7. The largest absolute Gasteiger partial charge is 0.483 e. The van der Waals surface area contributed by atoms with E-state index in [0.29, 0.717) is 5.69 Å². The van der Waals surface area contributed by atoms with Gasteiger partial charge in [0.2, 0.25) is 0 Å². The molecule has 0 saturated heterocycles. The number of benzene rings is 2. The first-order valence-corrected chi connectivity index (χ1v) is 10.2. The molecule has 0 atom stereocenters. The van der Waals surface area contributed by atoms with E-state index < -0.39 is 39.8 Å². The average Bonchev–Trinajstić information content (AvgIpc) is 2.59. The van der Waals surface area contributed by atoms with Gasteiger partial charge in [0.1, 0.15) is 5.75 Å². The van der Waals surface area contributed by atoms with E-state index >= 15 is 0 Å². The molecule has 0 N–H and O–H groups in total. The number of hydrogen-bond donors (Lipinski definition) is 0. The van der Waals surface area contributed by atoms with Crippen LogP contribution in [0.1, 0.15) is 19.4 Å². The summed E-state index contributed by atoms with van der Waals surface area (Å²) in [7, 11) is -3.39. The van der Waals surface area contributed by atoms with Crippen LogP contribution in [0.5, 0.6) is 5.75 Å². The first-order valence-electron chi connectivity index (χ1n) is 8.32. The summed E-state index contributed by atoms with van der Waals surface area (Å²) in [4.78, 5) is 14.0. The summed E-state index contributed by atoms with van der Waals surface area (Å²) < 4.78 is 67.4. The molecular formula is C19H20F3NO4S. The van der Waals surface area contributed by atoms with Crippen LogP contribution in [-0.2, 0) is 20.8 Å². The van der Waals surface area contributed by atoms with Crippen LogP contribution >= 0.6 is 0 Å². The Bertz CT molecular complexity index is 938. The van der Waals surface area contributed by atoms with Gasteiger partial charge in [0.25, 0.3) is 5.91 Å². The maximum atomic E-state index is 13.0. The Labute approximate surface area is 161 Å². The molecule has 0 radical (unpaired) electrons. The minimum atomic E-state index is -4.60. The van der Waals surface area contributed by atoms with Crippen molar-refractivity contribution in [3.63, 3.8) is 0 Å². The normalized spacial score (nSPS) is 12.1. The molecule has 0 saturated carbocycles. The van der Waals surface area contributed by atoms with Crippen LogP contribution in [0.4, 0.5) is 18.9 Å². The highest BCUT2D eigenvalue weighted by Gasteiger charge is 2.34. The number of rotatable bonds is 6. The molecule has 0 unspecified atom stereocenters. The van der Waals surface area contributed by atoms with Crippen LogP contribution in [0.15, 0.2) is 53.4 Å². The molecule has 2 rings (SSSR count). The van der Waals surface area contributed by atoms with E-state index in [2.05, 4.69) is 0 Å². The number of ether oxygens (including phenoxy) is 1. The Morgan fingerprint density at radius 2 is 1.64 bits per heavy atom. The molecule has 152 valence electrons. The molecule has 0 fully saturated rings.